The third-order valence-electron chi connectivity index (χ3n) is 6.74. The fraction of sp³-hybridized carbons (Fsp3) is 0.200. The van der Waals surface area contributed by atoms with Gasteiger partial charge < -0.3 is 24.5 Å². The molecule has 2 N–H and O–H groups in total. The number of aliphatic hydroxyl groups excluding tert-OH is 1. The van der Waals surface area contributed by atoms with Crippen LogP contribution < -0.4 is 9.47 Å². The first kappa shape index (κ1) is 25.1. The van der Waals surface area contributed by atoms with Gasteiger partial charge in [-0.15, -0.1) is 0 Å². The van der Waals surface area contributed by atoms with Gasteiger partial charge in [0.2, 0.25) is 0 Å². The number of aliphatic hydroxyl groups is 1. The molecule has 8 heteroatoms. The lowest BCUT2D eigenvalue weighted by Crippen LogP contribution is -2.31. The Morgan fingerprint density at radius 2 is 1.82 bits per heavy atom. The summed E-state index contributed by atoms with van der Waals surface area (Å²) >= 11 is 0. The Balaban J connectivity index is 1.53. The number of rotatable bonds is 8. The van der Waals surface area contributed by atoms with Crippen molar-refractivity contribution in [2.24, 2.45) is 0 Å². The fourth-order valence-electron chi connectivity index (χ4n) is 4.90. The number of aromatic nitrogens is 1. The highest BCUT2D eigenvalue weighted by Crippen LogP contribution is 2.40. The van der Waals surface area contributed by atoms with Crippen molar-refractivity contribution >= 4 is 28.4 Å². The number of ether oxygens (including phenoxy) is 2. The molecule has 0 spiro atoms. The SMILES string of the molecule is CCOc1ccc(C(O)=C2C(=O)C(=O)N(CCc3c[nH]c4ccc(OC)cc34)[C@@H]2c2cccc(F)c2)cc1. The van der Waals surface area contributed by atoms with Crippen molar-refractivity contribution in [1.82, 2.24) is 9.88 Å². The topological polar surface area (TPSA) is 91.9 Å². The summed E-state index contributed by atoms with van der Waals surface area (Å²) in [6.45, 7) is 2.52. The molecule has 1 saturated heterocycles. The molecule has 0 bridgehead atoms. The van der Waals surface area contributed by atoms with Crippen LogP contribution in [0.2, 0.25) is 0 Å². The molecule has 194 valence electrons. The number of aromatic amines is 1. The number of ketones is 1. The molecule has 7 nitrogen and oxygen atoms in total. The molecular formula is C30H27FN2O5. The Bertz CT molecular complexity index is 1540. The largest absolute Gasteiger partial charge is 0.507 e. The molecule has 4 aromatic rings. The van der Waals surface area contributed by atoms with Gasteiger partial charge >= 0.3 is 0 Å². The molecule has 0 saturated carbocycles. The van der Waals surface area contributed by atoms with Gasteiger partial charge in [-0.25, -0.2) is 4.39 Å². The highest BCUT2D eigenvalue weighted by molar-refractivity contribution is 6.46. The number of halogens is 1. The minimum absolute atomic E-state index is 0.0784. The number of nitrogens with one attached hydrogen (secondary N) is 1. The number of hydrogen-bond acceptors (Lipinski definition) is 5. The van der Waals surface area contributed by atoms with Crippen molar-refractivity contribution in [3.05, 3.63) is 101 Å². The van der Waals surface area contributed by atoms with Crippen LogP contribution in [0.3, 0.4) is 0 Å². The van der Waals surface area contributed by atoms with Gasteiger partial charge in [-0.2, -0.15) is 0 Å². The summed E-state index contributed by atoms with van der Waals surface area (Å²) in [6, 6.07) is 17.1. The predicted molar refractivity (Wildman–Crippen MR) is 142 cm³/mol. The van der Waals surface area contributed by atoms with Crippen LogP contribution in [0, 0.1) is 5.82 Å². The highest BCUT2D eigenvalue weighted by Gasteiger charge is 2.46. The zero-order valence-electron chi connectivity index (χ0n) is 21.0. The number of likely N-dealkylation sites (tertiary alicyclic amines) is 1. The van der Waals surface area contributed by atoms with Crippen molar-refractivity contribution in [1.29, 1.82) is 0 Å². The summed E-state index contributed by atoms with van der Waals surface area (Å²) in [7, 11) is 1.59. The summed E-state index contributed by atoms with van der Waals surface area (Å²) in [5.41, 5.74) is 2.53. The predicted octanol–water partition coefficient (Wildman–Crippen LogP) is 5.38. The van der Waals surface area contributed by atoms with Gasteiger partial charge in [0, 0.05) is 29.2 Å². The van der Waals surface area contributed by atoms with Crippen LogP contribution in [0.1, 0.15) is 29.7 Å². The van der Waals surface area contributed by atoms with E-state index in [4.69, 9.17) is 9.47 Å². The van der Waals surface area contributed by atoms with E-state index >= 15 is 0 Å². The Labute approximate surface area is 219 Å². The van der Waals surface area contributed by atoms with E-state index in [1.54, 1.807) is 37.4 Å². The van der Waals surface area contributed by atoms with E-state index in [9.17, 15) is 19.1 Å². The number of H-pyrrole nitrogens is 1. The van der Waals surface area contributed by atoms with Crippen molar-refractivity contribution in [3.8, 4) is 11.5 Å². The first-order valence-corrected chi connectivity index (χ1v) is 12.3. The molecule has 0 radical (unpaired) electrons. The second kappa shape index (κ2) is 10.4. The number of methoxy groups -OCH3 is 1. The highest BCUT2D eigenvalue weighted by atomic mass is 19.1. The van der Waals surface area contributed by atoms with Crippen LogP contribution in [0.25, 0.3) is 16.7 Å². The van der Waals surface area contributed by atoms with Crippen molar-refractivity contribution in [3.63, 3.8) is 0 Å². The summed E-state index contributed by atoms with van der Waals surface area (Å²) < 4.78 is 25.1. The average Bonchev–Trinajstić information content (AvgIpc) is 3.45. The molecule has 1 aliphatic rings. The fourth-order valence-corrected chi connectivity index (χ4v) is 4.90. The number of amides is 1. The third kappa shape index (κ3) is 4.61. The monoisotopic (exact) mass is 514 g/mol. The van der Waals surface area contributed by atoms with Gasteiger partial charge in [-0.3, -0.25) is 9.59 Å². The van der Waals surface area contributed by atoms with Crippen molar-refractivity contribution in [2.75, 3.05) is 20.3 Å². The second-order valence-corrected chi connectivity index (χ2v) is 8.98. The molecule has 1 aliphatic heterocycles. The molecule has 1 atom stereocenters. The molecule has 3 aromatic carbocycles. The molecule has 1 fully saturated rings. The lowest BCUT2D eigenvalue weighted by molar-refractivity contribution is -0.139. The molecule has 38 heavy (non-hydrogen) atoms. The van der Waals surface area contributed by atoms with E-state index < -0.39 is 23.5 Å². The Hall–Kier alpha value is -4.59. The minimum Gasteiger partial charge on any atom is -0.507 e. The van der Waals surface area contributed by atoms with E-state index in [0.29, 0.717) is 35.7 Å². The molecule has 1 aromatic heterocycles. The Morgan fingerprint density at radius 3 is 2.53 bits per heavy atom. The summed E-state index contributed by atoms with van der Waals surface area (Å²) in [5.74, 6) is -1.07. The zero-order valence-corrected chi connectivity index (χ0v) is 21.0. The quantitative estimate of drug-likeness (QED) is 0.187. The molecule has 5 rings (SSSR count). The number of Topliss-reactive ketones (excluding diaryl/α,β-unsaturated/α-hetero) is 1. The number of carbonyl (C=O) groups excluding carboxylic acids is 2. The minimum atomic E-state index is -0.947. The lowest BCUT2D eigenvalue weighted by atomic mass is 9.95. The van der Waals surface area contributed by atoms with Crippen molar-refractivity contribution in [2.45, 2.75) is 19.4 Å². The standard InChI is InChI=1S/C30H27FN2O5/c1-3-38-22-9-7-18(8-10-22)28(34)26-27(19-5-4-6-21(31)15-19)33(30(36)29(26)35)14-13-20-17-32-25-12-11-23(37-2)16-24(20)25/h4-12,15-17,27,32,34H,3,13-14H2,1-2H3/t27-/m1/s1. The number of benzene rings is 3. The van der Waals surface area contributed by atoms with Gasteiger partial charge in [0.25, 0.3) is 11.7 Å². The van der Waals surface area contributed by atoms with Crippen LogP contribution in [-0.2, 0) is 16.0 Å². The van der Waals surface area contributed by atoms with Gasteiger partial charge in [-0.05, 0) is 79.1 Å². The van der Waals surface area contributed by atoms with Crippen LogP contribution >= 0.6 is 0 Å². The van der Waals surface area contributed by atoms with E-state index in [2.05, 4.69) is 4.98 Å². The zero-order chi connectivity index (χ0) is 26.8. The number of fused-ring (bicyclic) bond motifs is 1. The molecule has 0 aliphatic carbocycles. The van der Waals surface area contributed by atoms with Crippen molar-refractivity contribution < 1.29 is 28.6 Å². The van der Waals surface area contributed by atoms with E-state index in [-0.39, 0.29) is 17.9 Å². The van der Waals surface area contributed by atoms with E-state index in [0.717, 1.165) is 16.5 Å². The summed E-state index contributed by atoms with van der Waals surface area (Å²) in [4.78, 5) is 31.2. The number of carbonyl (C=O) groups is 2. The van der Waals surface area contributed by atoms with Gasteiger partial charge in [0.05, 0.1) is 25.3 Å². The van der Waals surface area contributed by atoms with E-state index in [1.807, 2.05) is 31.3 Å². The maximum Gasteiger partial charge on any atom is 0.295 e. The average molecular weight is 515 g/mol. The van der Waals surface area contributed by atoms with Gasteiger partial charge in [0.15, 0.2) is 0 Å². The molecule has 0 unspecified atom stereocenters. The molecular weight excluding hydrogens is 487 g/mol. The maximum absolute atomic E-state index is 14.3. The summed E-state index contributed by atoms with van der Waals surface area (Å²) in [5, 5.41) is 12.2. The molecule has 1 amide bonds. The second-order valence-electron chi connectivity index (χ2n) is 8.98. The first-order valence-electron chi connectivity index (χ1n) is 12.3. The third-order valence-corrected chi connectivity index (χ3v) is 6.74. The van der Waals surface area contributed by atoms with E-state index in [1.165, 1.54) is 23.1 Å². The number of nitrogens with zero attached hydrogens (tertiary/aromatic N) is 1. The summed E-state index contributed by atoms with van der Waals surface area (Å²) in [6.07, 6.45) is 2.28. The normalized spacial score (nSPS) is 16.8. The Morgan fingerprint density at radius 1 is 1.05 bits per heavy atom. The van der Waals surface area contributed by atoms with Crippen LogP contribution in [-0.4, -0.2) is 46.9 Å². The lowest BCUT2D eigenvalue weighted by Gasteiger charge is -2.25. The smallest absolute Gasteiger partial charge is 0.295 e. The van der Waals surface area contributed by atoms with Crippen LogP contribution in [0.4, 0.5) is 4.39 Å². The first-order chi connectivity index (χ1) is 18.4. The number of hydrogen-bond donors (Lipinski definition) is 2. The Kier molecular flexibility index (Phi) is 6.87. The van der Waals surface area contributed by atoms with Crippen LogP contribution in [0.15, 0.2) is 78.5 Å². The van der Waals surface area contributed by atoms with Gasteiger partial charge in [-0.1, -0.05) is 12.1 Å². The van der Waals surface area contributed by atoms with Crippen LogP contribution in [0.5, 0.6) is 11.5 Å². The molecule has 2 heterocycles. The maximum atomic E-state index is 14.3. The van der Waals surface area contributed by atoms with Gasteiger partial charge in [0.1, 0.15) is 23.1 Å².